The van der Waals surface area contributed by atoms with Gasteiger partial charge in [0, 0.05) is 6.07 Å². The molecule has 1 heterocycles. The molecule has 0 atom stereocenters. The molecule has 0 spiro atoms. The minimum absolute atomic E-state index is 0.621. The van der Waals surface area contributed by atoms with Crippen molar-refractivity contribution >= 4 is 17.4 Å². The van der Waals surface area contributed by atoms with E-state index in [0.29, 0.717) is 5.82 Å². The third-order valence-electron chi connectivity index (χ3n) is 2.91. The summed E-state index contributed by atoms with van der Waals surface area (Å²) in [6.07, 6.45) is 3.75. The van der Waals surface area contributed by atoms with Crippen LogP contribution in [0, 0.1) is 0 Å². The van der Waals surface area contributed by atoms with Crippen LogP contribution in [0.2, 0.25) is 0 Å². The summed E-state index contributed by atoms with van der Waals surface area (Å²) in [5.74, 6) is 0.621. The van der Waals surface area contributed by atoms with Gasteiger partial charge in [0.2, 0.25) is 0 Å². The summed E-state index contributed by atoms with van der Waals surface area (Å²) >= 11 is 1.47. The van der Waals surface area contributed by atoms with E-state index < -0.39 is 0 Å². The first-order chi connectivity index (χ1) is 7.33. The minimum Gasteiger partial charge on any atom is -0.383 e. The molecule has 0 amide bonds. The van der Waals surface area contributed by atoms with Crippen molar-refractivity contribution in [1.29, 1.82) is 0 Å². The van der Waals surface area contributed by atoms with E-state index in [1.165, 1.54) is 52.4 Å². The Kier molecular flexibility index (Phi) is 1.99. The fourth-order valence-corrected chi connectivity index (χ4v) is 2.81. The van der Waals surface area contributed by atoms with Gasteiger partial charge in [-0.1, -0.05) is 18.2 Å². The number of benzene rings is 1. The van der Waals surface area contributed by atoms with Crippen molar-refractivity contribution in [3.63, 3.8) is 0 Å². The molecule has 0 fully saturated rings. The minimum atomic E-state index is 0.621. The molecular formula is C12H12N2S. The maximum atomic E-state index is 5.63. The monoisotopic (exact) mass is 216 g/mol. The third-order valence-corrected chi connectivity index (χ3v) is 3.76. The van der Waals surface area contributed by atoms with Crippen LogP contribution in [-0.4, -0.2) is 4.37 Å². The van der Waals surface area contributed by atoms with E-state index >= 15 is 0 Å². The summed E-state index contributed by atoms with van der Waals surface area (Å²) in [5, 5.41) is 0. The first-order valence-electron chi connectivity index (χ1n) is 5.17. The highest BCUT2D eigenvalue weighted by atomic mass is 32.1. The largest absolute Gasteiger partial charge is 0.383 e. The molecule has 1 aromatic heterocycles. The molecule has 0 saturated heterocycles. The molecule has 15 heavy (non-hydrogen) atoms. The maximum absolute atomic E-state index is 5.63. The first-order valence-corrected chi connectivity index (χ1v) is 5.94. The van der Waals surface area contributed by atoms with Crippen LogP contribution < -0.4 is 5.73 Å². The predicted molar refractivity (Wildman–Crippen MR) is 64.0 cm³/mol. The number of anilines is 1. The van der Waals surface area contributed by atoms with Gasteiger partial charge in [0.25, 0.3) is 0 Å². The second-order valence-electron chi connectivity index (χ2n) is 3.95. The highest BCUT2D eigenvalue weighted by molar-refractivity contribution is 7.09. The Labute approximate surface area is 92.9 Å². The molecule has 76 valence electrons. The topological polar surface area (TPSA) is 38.9 Å². The van der Waals surface area contributed by atoms with Gasteiger partial charge < -0.3 is 5.73 Å². The lowest BCUT2D eigenvalue weighted by Gasteiger charge is -2.01. The molecule has 0 bridgehead atoms. The zero-order valence-electron chi connectivity index (χ0n) is 8.36. The summed E-state index contributed by atoms with van der Waals surface area (Å²) in [6, 6.07) is 8.65. The SMILES string of the molecule is Nc1cc(-c2ccc3c(c2)CCC3)sn1. The lowest BCUT2D eigenvalue weighted by atomic mass is 10.1. The van der Waals surface area contributed by atoms with Crippen molar-refractivity contribution < 1.29 is 0 Å². The third kappa shape index (κ3) is 1.53. The summed E-state index contributed by atoms with van der Waals surface area (Å²) in [4.78, 5) is 1.17. The number of rotatable bonds is 1. The zero-order chi connectivity index (χ0) is 10.3. The highest BCUT2D eigenvalue weighted by Crippen LogP contribution is 2.30. The van der Waals surface area contributed by atoms with Crippen molar-refractivity contribution in [1.82, 2.24) is 4.37 Å². The predicted octanol–water partition coefficient (Wildman–Crippen LogP) is 2.88. The molecule has 0 saturated carbocycles. The number of nitrogens with two attached hydrogens (primary N) is 1. The van der Waals surface area contributed by atoms with Gasteiger partial charge >= 0.3 is 0 Å². The first kappa shape index (κ1) is 8.92. The number of hydrogen-bond acceptors (Lipinski definition) is 3. The Balaban J connectivity index is 2.06. The normalized spacial score (nSPS) is 14.1. The van der Waals surface area contributed by atoms with Gasteiger partial charge in [0.05, 0.1) is 4.88 Å². The van der Waals surface area contributed by atoms with Crippen LogP contribution in [0.4, 0.5) is 5.82 Å². The average Bonchev–Trinajstić information content (AvgIpc) is 2.84. The summed E-state index contributed by atoms with van der Waals surface area (Å²) in [5.41, 5.74) is 9.89. The fourth-order valence-electron chi connectivity index (χ4n) is 2.15. The maximum Gasteiger partial charge on any atom is 0.137 e. The van der Waals surface area contributed by atoms with Crippen LogP contribution in [0.25, 0.3) is 10.4 Å². The highest BCUT2D eigenvalue weighted by Gasteiger charge is 2.12. The smallest absolute Gasteiger partial charge is 0.137 e. The van der Waals surface area contributed by atoms with Gasteiger partial charge in [-0.15, -0.1) is 0 Å². The van der Waals surface area contributed by atoms with Crippen LogP contribution in [0.3, 0.4) is 0 Å². The van der Waals surface area contributed by atoms with Crippen LogP contribution in [0.1, 0.15) is 17.5 Å². The standard InChI is InChI=1S/C12H12N2S/c13-12-7-11(15-14-12)10-5-4-8-2-1-3-9(8)6-10/h4-7H,1-3H2,(H2,13,14). The molecular weight excluding hydrogens is 204 g/mol. The van der Waals surface area contributed by atoms with Gasteiger partial charge in [-0.3, -0.25) is 0 Å². The van der Waals surface area contributed by atoms with Crippen molar-refractivity contribution in [3.05, 3.63) is 35.4 Å². The molecule has 1 aromatic carbocycles. The van der Waals surface area contributed by atoms with E-state index in [-0.39, 0.29) is 0 Å². The number of fused-ring (bicyclic) bond motifs is 1. The van der Waals surface area contributed by atoms with Crippen LogP contribution in [0.5, 0.6) is 0 Å². The van der Waals surface area contributed by atoms with E-state index in [0.717, 1.165) is 0 Å². The van der Waals surface area contributed by atoms with Crippen LogP contribution >= 0.6 is 11.5 Å². The summed E-state index contributed by atoms with van der Waals surface area (Å²) in [7, 11) is 0. The Morgan fingerprint density at radius 1 is 1.13 bits per heavy atom. The van der Waals surface area contributed by atoms with Crippen molar-refractivity contribution in [2.45, 2.75) is 19.3 Å². The molecule has 3 heteroatoms. The van der Waals surface area contributed by atoms with Crippen molar-refractivity contribution in [3.8, 4) is 10.4 Å². The molecule has 2 N–H and O–H groups in total. The fraction of sp³-hybridized carbons (Fsp3) is 0.250. The second-order valence-corrected chi connectivity index (χ2v) is 4.76. The van der Waals surface area contributed by atoms with E-state index in [2.05, 4.69) is 22.6 Å². The van der Waals surface area contributed by atoms with Gasteiger partial charge in [-0.25, -0.2) is 0 Å². The lowest BCUT2D eigenvalue weighted by molar-refractivity contribution is 0.912. The van der Waals surface area contributed by atoms with Gasteiger partial charge in [0.1, 0.15) is 5.82 Å². The molecule has 1 aliphatic carbocycles. The summed E-state index contributed by atoms with van der Waals surface area (Å²) in [6.45, 7) is 0. The lowest BCUT2D eigenvalue weighted by Crippen LogP contribution is -1.83. The molecule has 0 unspecified atom stereocenters. The van der Waals surface area contributed by atoms with E-state index in [1.54, 1.807) is 0 Å². The number of nitrogen functional groups attached to an aromatic ring is 1. The molecule has 0 radical (unpaired) electrons. The van der Waals surface area contributed by atoms with E-state index in [4.69, 9.17) is 5.73 Å². The zero-order valence-corrected chi connectivity index (χ0v) is 9.18. The molecule has 3 rings (SSSR count). The van der Waals surface area contributed by atoms with Crippen molar-refractivity contribution in [2.24, 2.45) is 0 Å². The van der Waals surface area contributed by atoms with Crippen LogP contribution in [0.15, 0.2) is 24.3 Å². The van der Waals surface area contributed by atoms with Crippen LogP contribution in [-0.2, 0) is 12.8 Å². The average molecular weight is 216 g/mol. The summed E-state index contributed by atoms with van der Waals surface area (Å²) < 4.78 is 4.11. The van der Waals surface area contributed by atoms with Crippen molar-refractivity contribution in [2.75, 3.05) is 5.73 Å². The molecule has 0 aliphatic heterocycles. The number of aromatic nitrogens is 1. The molecule has 2 nitrogen and oxygen atoms in total. The second kappa shape index (κ2) is 3.35. The molecule has 2 aromatic rings. The van der Waals surface area contributed by atoms with E-state index in [9.17, 15) is 0 Å². The van der Waals surface area contributed by atoms with E-state index in [1.807, 2.05) is 6.07 Å². The Bertz CT molecular complexity index is 502. The van der Waals surface area contributed by atoms with Gasteiger partial charge in [0.15, 0.2) is 0 Å². The Hall–Kier alpha value is -1.35. The van der Waals surface area contributed by atoms with Gasteiger partial charge in [-0.05, 0) is 47.5 Å². The Morgan fingerprint density at radius 2 is 2.00 bits per heavy atom. The Morgan fingerprint density at radius 3 is 2.80 bits per heavy atom. The number of nitrogens with zero attached hydrogens (tertiary/aromatic N) is 1. The quantitative estimate of drug-likeness (QED) is 0.796. The molecule has 1 aliphatic rings. The number of hydrogen-bond donors (Lipinski definition) is 1. The number of aryl methyl sites for hydroxylation is 2. The van der Waals surface area contributed by atoms with Gasteiger partial charge in [-0.2, -0.15) is 4.37 Å².